The van der Waals surface area contributed by atoms with E-state index in [1.807, 2.05) is 0 Å². The standard InChI is InChI=1S/C11H12F2N2O/c12-11(13)4-5-15(7-11)9-3-1-2-8(6-9)10(14)16/h1-3,6H,4-5,7H2,(H2,14,16). The molecule has 16 heavy (non-hydrogen) atoms. The van der Waals surface area contributed by atoms with Gasteiger partial charge in [-0.1, -0.05) is 6.07 Å². The van der Waals surface area contributed by atoms with Crippen molar-refractivity contribution in [1.29, 1.82) is 0 Å². The van der Waals surface area contributed by atoms with Crippen LogP contribution >= 0.6 is 0 Å². The number of benzene rings is 1. The maximum Gasteiger partial charge on any atom is 0.266 e. The van der Waals surface area contributed by atoms with E-state index in [1.165, 1.54) is 0 Å². The molecule has 86 valence electrons. The van der Waals surface area contributed by atoms with Gasteiger partial charge in [-0.2, -0.15) is 0 Å². The molecule has 0 unspecified atom stereocenters. The lowest BCUT2D eigenvalue weighted by atomic mass is 10.2. The van der Waals surface area contributed by atoms with Crippen molar-refractivity contribution in [3.05, 3.63) is 29.8 Å². The number of primary amides is 1. The minimum atomic E-state index is -2.64. The molecule has 1 aliphatic rings. The first-order valence-corrected chi connectivity index (χ1v) is 5.01. The average Bonchev–Trinajstić information content (AvgIpc) is 2.59. The molecule has 0 bridgehead atoms. The van der Waals surface area contributed by atoms with Gasteiger partial charge in [0.05, 0.1) is 6.54 Å². The van der Waals surface area contributed by atoms with E-state index in [4.69, 9.17) is 5.73 Å². The van der Waals surface area contributed by atoms with Crippen LogP contribution in [0.2, 0.25) is 0 Å². The predicted octanol–water partition coefficient (Wildman–Crippen LogP) is 1.63. The topological polar surface area (TPSA) is 46.3 Å². The van der Waals surface area contributed by atoms with E-state index in [-0.39, 0.29) is 13.0 Å². The van der Waals surface area contributed by atoms with E-state index < -0.39 is 11.8 Å². The zero-order chi connectivity index (χ0) is 11.8. The first-order chi connectivity index (χ1) is 7.48. The van der Waals surface area contributed by atoms with E-state index in [0.717, 1.165) is 0 Å². The van der Waals surface area contributed by atoms with Gasteiger partial charge in [0.25, 0.3) is 5.92 Å². The Bertz CT molecular complexity index is 420. The molecule has 2 N–H and O–H groups in total. The monoisotopic (exact) mass is 226 g/mol. The molecule has 0 aliphatic carbocycles. The summed E-state index contributed by atoms with van der Waals surface area (Å²) < 4.78 is 26.0. The summed E-state index contributed by atoms with van der Waals surface area (Å²) in [4.78, 5) is 12.5. The molecule has 1 aromatic carbocycles. The van der Waals surface area contributed by atoms with Crippen LogP contribution in [0.3, 0.4) is 0 Å². The fraction of sp³-hybridized carbons (Fsp3) is 0.364. The number of rotatable bonds is 2. The van der Waals surface area contributed by atoms with E-state index >= 15 is 0 Å². The maximum absolute atomic E-state index is 13.0. The van der Waals surface area contributed by atoms with Gasteiger partial charge in [0.2, 0.25) is 5.91 Å². The Morgan fingerprint density at radius 1 is 1.44 bits per heavy atom. The Kier molecular flexibility index (Phi) is 2.53. The number of amides is 1. The smallest absolute Gasteiger partial charge is 0.266 e. The summed E-state index contributed by atoms with van der Waals surface area (Å²) in [5.74, 6) is -3.18. The fourth-order valence-electron chi connectivity index (χ4n) is 1.81. The van der Waals surface area contributed by atoms with E-state index in [0.29, 0.717) is 17.8 Å². The Labute approximate surface area is 91.8 Å². The van der Waals surface area contributed by atoms with Crippen molar-refractivity contribution in [1.82, 2.24) is 0 Å². The van der Waals surface area contributed by atoms with Gasteiger partial charge in [-0.3, -0.25) is 4.79 Å². The van der Waals surface area contributed by atoms with Crippen molar-refractivity contribution in [3.8, 4) is 0 Å². The summed E-state index contributed by atoms with van der Waals surface area (Å²) in [6.45, 7) is 0.00440. The molecule has 0 atom stereocenters. The molecule has 1 amide bonds. The quantitative estimate of drug-likeness (QED) is 0.833. The molecular weight excluding hydrogens is 214 g/mol. The maximum atomic E-state index is 13.0. The SMILES string of the molecule is NC(=O)c1cccc(N2CCC(F)(F)C2)c1. The number of carbonyl (C=O) groups excluding carboxylic acids is 1. The van der Waals surface area contributed by atoms with Gasteiger partial charge in [-0.15, -0.1) is 0 Å². The van der Waals surface area contributed by atoms with Crippen molar-refractivity contribution in [2.45, 2.75) is 12.3 Å². The first-order valence-electron chi connectivity index (χ1n) is 5.01. The average molecular weight is 226 g/mol. The number of hydrogen-bond donors (Lipinski definition) is 1. The predicted molar refractivity (Wildman–Crippen MR) is 56.7 cm³/mol. The third-order valence-corrected chi connectivity index (χ3v) is 2.67. The van der Waals surface area contributed by atoms with E-state index in [2.05, 4.69) is 0 Å². The highest BCUT2D eigenvalue weighted by Crippen LogP contribution is 2.30. The highest BCUT2D eigenvalue weighted by Gasteiger charge is 2.38. The third-order valence-electron chi connectivity index (χ3n) is 2.67. The molecule has 0 saturated carbocycles. The summed E-state index contributed by atoms with van der Waals surface area (Å²) in [5.41, 5.74) is 6.09. The molecule has 0 radical (unpaired) electrons. The van der Waals surface area contributed by atoms with Gasteiger partial charge >= 0.3 is 0 Å². The lowest BCUT2D eigenvalue weighted by Gasteiger charge is -2.18. The van der Waals surface area contributed by atoms with Crippen LogP contribution in [0.5, 0.6) is 0 Å². The summed E-state index contributed by atoms with van der Waals surface area (Å²) >= 11 is 0. The van der Waals surface area contributed by atoms with Gasteiger partial charge in [0.1, 0.15) is 0 Å². The second kappa shape index (κ2) is 3.73. The number of alkyl halides is 2. The Hall–Kier alpha value is -1.65. The van der Waals surface area contributed by atoms with Gasteiger partial charge in [-0.25, -0.2) is 8.78 Å². The summed E-state index contributed by atoms with van der Waals surface area (Å²) in [6, 6.07) is 6.46. The Morgan fingerprint density at radius 2 is 2.19 bits per heavy atom. The highest BCUT2D eigenvalue weighted by molar-refractivity contribution is 5.93. The normalized spacial score (nSPS) is 18.8. The fourth-order valence-corrected chi connectivity index (χ4v) is 1.81. The van der Waals surface area contributed by atoms with Gasteiger partial charge in [-0.05, 0) is 18.2 Å². The number of nitrogens with two attached hydrogens (primary N) is 1. The van der Waals surface area contributed by atoms with E-state index in [1.54, 1.807) is 29.2 Å². The second-order valence-corrected chi connectivity index (χ2v) is 3.94. The number of nitrogens with zero attached hydrogens (tertiary/aromatic N) is 1. The molecule has 3 nitrogen and oxygen atoms in total. The molecule has 1 aromatic rings. The molecule has 0 aromatic heterocycles. The zero-order valence-corrected chi connectivity index (χ0v) is 8.62. The molecule has 1 aliphatic heterocycles. The van der Waals surface area contributed by atoms with Crippen LogP contribution < -0.4 is 10.6 Å². The van der Waals surface area contributed by atoms with Crippen molar-refractivity contribution in [2.75, 3.05) is 18.0 Å². The molecule has 1 fully saturated rings. The van der Waals surface area contributed by atoms with Crippen LogP contribution in [0.15, 0.2) is 24.3 Å². The molecule has 2 rings (SSSR count). The minimum absolute atomic E-state index is 0.145. The molecular formula is C11H12F2N2O. The first kappa shape index (κ1) is 10.9. The number of anilines is 1. The third kappa shape index (κ3) is 2.13. The summed E-state index contributed by atoms with van der Waals surface area (Å²) in [5, 5.41) is 0. The van der Waals surface area contributed by atoms with Crippen LogP contribution in [-0.4, -0.2) is 24.9 Å². The number of halogens is 2. The van der Waals surface area contributed by atoms with Crippen molar-refractivity contribution >= 4 is 11.6 Å². The molecule has 1 heterocycles. The van der Waals surface area contributed by atoms with Crippen LogP contribution in [0.25, 0.3) is 0 Å². The lowest BCUT2D eigenvalue weighted by molar-refractivity contribution is 0.0257. The van der Waals surface area contributed by atoms with Crippen LogP contribution in [-0.2, 0) is 0 Å². The van der Waals surface area contributed by atoms with E-state index in [9.17, 15) is 13.6 Å². The Morgan fingerprint density at radius 3 is 2.75 bits per heavy atom. The largest absolute Gasteiger partial charge is 0.366 e. The second-order valence-electron chi connectivity index (χ2n) is 3.94. The number of hydrogen-bond acceptors (Lipinski definition) is 2. The Balaban J connectivity index is 2.22. The molecule has 5 heteroatoms. The van der Waals surface area contributed by atoms with Crippen molar-refractivity contribution in [3.63, 3.8) is 0 Å². The summed E-state index contributed by atoms with van der Waals surface area (Å²) in [6.07, 6.45) is -0.145. The van der Waals surface area contributed by atoms with Gasteiger partial charge < -0.3 is 10.6 Å². The lowest BCUT2D eigenvalue weighted by Crippen LogP contribution is -2.25. The van der Waals surface area contributed by atoms with Crippen LogP contribution in [0.1, 0.15) is 16.8 Å². The number of carbonyl (C=O) groups is 1. The minimum Gasteiger partial charge on any atom is -0.366 e. The molecule has 0 spiro atoms. The van der Waals surface area contributed by atoms with Crippen molar-refractivity contribution in [2.24, 2.45) is 5.73 Å². The van der Waals surface area contributed by atoms with Crippen molar-refractivity contribution < 1.29 is 13.6 Å². The highest BCUT2D eigenvalue weighted by atomic mass is 19.3. The van der Waals surface area contributed by atoms with Crippen LogP contribution in [0, 0.1) is 0 Å². The van der Waals surface area contributed by atoms with Gasteiger partial charge in [0, 0.05) is 24.2 Å². The van der Waals surface area contributed by atoms with Gasteiger partial charge in [0.15, 0.2) is 0 Å². The molecule has 1 saturated heterocycles. The van der Waals surface area contributed by atoms with Crippen LogP contribution in [0.4, 0.5) is 14.5 Å². The summed E-state index contributed by atoms with van der Waals surface area (Å²) in [7, 11) is 0. The zero-order valence-electron chi connectivity index (χ0n) is 8.62.